The topological polar surface area (TPSA) is 20.2 Å². The lowest BCUT2D eigenvalue weighted by molar-refractivity contribution is 0.0810. The molecular weight excluding hydrogens is 306 g/mol. The molecule has 1 aromatic carbocycles. The molecule has 1 atom stereocenters. The van der Waals surface area contributed by atoms with Gasteiger partial charge in [0.2, 0.25) is 0 Å². The summed E-state index contributed by atoms with van der Waals surface area (Å²) in [4.78, 5) is 0. The molecule has 0 heterocycles. The maximum absolute atomic E-state index is 13.8. The van der Waals surface area contributed by atoms with Gasteiger partial charge in [-0.15, -0.1) is 0 Å². The summed E-state index contributed by atoms with van der Waals surface area (Å²) in [5.74, 6) is -0.243. The largest absolute Gasteiger partial charge is 0.388 e. The Labute approximate surface area is 114 Å². The van der Waals surface area contributed by atoms with Gasteiger partial charge in [-0.25, -0.2) is 4.39 Å². The van der Waals surface area contributed by atoms with Crippen LogP contribution in [0.15, 0.2) is 16.6 Å². The van der Waals surface area contributed by atoms with Gasteiger partial charge in [-0.2, -0.15) is 0 Å². The number of benzene rings is 1. The molecule has 2 rings (SSSR count). The molecule has 0 aromatic heterocycles. The van der Waals surface area contributed by atoms with Crippen LogP contribution in [-0.2, 0) is 0 Å². The van der Waals surface area contributed by atoms with Gasteiger partial charge in [-0.3, -0.25) is 0 Å². The number of hydrogen-bond donors (Lipinski definition) is 1. The molecule has 1 unspecified atom stereocenters. The maximum atomic E-state index is 13.8. The first kappa shape index (κ1) is 13.3. The average molecular weight is 322 g/mol. The molecular formula is C13H15BrClFO. The highest BCUT2D eigenvalue weighted by atomic mass is 79.9. The number of aliphatic hydroxyl groups is 1. The van der Waals surface area contributed by atoms with Gasteiger partial charge in [-0.1, -0.05) is 30.9 Å². The lowest BCUT2D eigenvalue weighted by atomic mass is 9.82. The van der Waals surface area contributed by atoms with Gasteiger partial charge in [-0.05, 0) is 46.8 Å². The Kier molecular flexibility index (Phi) is 4.45. The van der Waals surface area contributed by atoms with Gasteiger partial charge in [0.25, 0.3) is 0 Å². The summed E-state index contributed by atoms with van der Waals surface area (Å²) in [6.45, 7) is 0. The zero-order chi connectivity index (χ0) is 12.4. The van der Waals surface area contributed by atoms with Crippen LogP contribution >= 0.6 is 27.5 Å². The first-order chi connectivity index (χ1) is 8.11. The van der Waals surface area contributed by atoms with E-state index < -0.39 is 6.10 Å². The number of hydrogen-bond acceptors (Lipinski definition) is 1. The molecule has 1 N–H and O–H groups in total. The summed E-state index contributed by atoms with van der Waals surface area (Å²) in [6, 6.07) is 2.81. The van der Waals surface area contributed by atoms with E-state index in [0.29, 0.717) is 15.1 Å². The Morgan fingerprint density at radius 2 is 1.94 bits per heavy atom. The molecule has 4 heteroatoms. The summed E-state index contributed by atoms with van der Waals surface area (Å²) in [6.07, 6.45) is 4.59. The first-order valence-corrected chi connectivity index (χ1v) is 7.10. The standard InChI is InChI=1S/C13H15BrClFO/c14-12-9(15)6-7-10(16)11(12)13(17)8-4-2-1-3-5-8/h6-8,13,17H,1-5H2. The Morgan fingerprint density at radius 1 is 1.29 bits per heavy atom. The van der Waals surface area contributed by atoms with Crippen molar-refractivity contribution in [3.05, 3.63) is 33.0 Å². The van der Waals surface area contributed by atoms with Crippen molar-refractivity contribution in [3.8, 4) is 0 Å². The van der Waals surface area contributed by atoms with Gasteiger partial charge in [0.05, 0.1) is 11.1 Å². The van der Waals surface area contributed by atoms with Gasteiger partial charge in [0, 0.05) is 10.0 Å². The smallest absolute Gasteiger partial charge is 0.130 e. The number of halogens is 3. The predicted molar refractivity (Wildman–Crippen MR) is 70.6 cm³/mol. The van der Waals surface area contributed by atoms with Crippen LogP contribution in [0.5, 0.6) is 0 Å². The zero-order valence-electron chi connectivity index (χ0n) is 9.43. The van der Waals surface area contributed by atoms with Crippen LogP contribution < -0.4 is 0 Å². The fourth-order valence-corrected chi connectivity index (χ4v) is 3.22. The minimum atomic E-state index is -0.761. The molecule has 1 aliphatic rings. The van der Waals surface area contributed by atoms with E-state index in [1.165, 1.54) is 18.6 Å². The second-order valence-corrected chi connectivity index (χ2v) is 5.80. The third-order valence-corrected chi connectivity index (χ3v) is 4.87. The minimum absolute atomic E-state index is 0.146. The third-order valence-electron chi connectivity index (χ3n) is 3.47. The summed E-state index contributed by atoms with van der Waals surface area (Å²) in [7, 11) is 0. The molecule has 1 fully saturated rings. The van der Waals surface area contributed by atoms with Crippen molar-refractivity contribution in [1.82, 2.24) is 0 Å². The summed E-state index contributed by atoms with van der Waals surface area (Å²) in [5, 5.41) is 10.7. The first-order valence-electron chi connectivity index (χ1n) is 5.92. The minimum Gasteiger partial charge on any atom is -0.388 e. The van der Waals surface area contributed by atoms with Crippen LogP contribution in [0.1, 0.15) is 43.8 Å². The second kappa shape index (κ2) is 5.68. The summed E-state index contributed by atoms with van der Waals surface area (Å²) < 4.78 is 14.3. The summed E-state index contributed by atoms with van der Waals surface area (Å²) in [5.41, 5.74) is 0.310. The van der Waals surface area contributed by atoms with Crippen molar-refractivity contribution in [2.75, 3.05) is 0 Å². The fraction of sp³-hybridized carbons (Fsp3) is 0.538. The van der Waals surface area contributed by atoms with E-state index in [2.05, 4.69) is 15.9 Å². The second-order valence-electron chi connectivity index (χ2n) is 4.60. The third kappa shape index (κ3) is 2.83. The van der Waals surface area contributed by atoms with E-state index in [9.17, 15) is 9.50 Å². The molecule has 94 valence electrons. The SMILES string of the molecule is OC(c1c(F)ccc(Cl)c1Br)C1CCCCC1. The highest BCUT2D eigenvalue weighted by Gasteiger charge is 2.27. The number of rotatable bonds is 2. The van der Waals surface area contributed by atoms with E-state index in [1.807, 2.05) is 0 Å². The van der Waals surface area contributed by atoms with Crippen molar-refractivity contribution in [2.24, 2.45) is 5.92 Å². The quantitative estimate of drug-likeness (QED) is 0.772. The van der Waals surface area contributed by atoms with E-state index in [4.69, 9.17) is 11.6 Å². The maximum Gasteiger partial charge on any atom is 0.130 e. The fourth-order valence-electron chi connectivity index (χ4n) is 2.50. The van der Waals surface area contributed by atoms with Crippen molar-refractivity contribution in [1.29, 1.82) is 0 Å². The Balaban J connectivity index is 2.29. The average Bonchev–Trinajstić information content (AvgIpc) is 2.35. The van der Waals surface area contributed by atoms with Crippen LogP contribution in [0, 0.1) is 11.7 Å². The van der Waals surface area contributed by atoms with E-state index in [-0.39, 0.29) is 11.7 Å². The Bertz CT molecular complexity index is 405. The van der Waals surface area contributed by atoms with Crippen LogP contribution in [-0.4, -0.2) is 5.11 Å². The molecule has 1 aromatic rings. The van der Waals surface area contributed by atoms with Crippen LogP contribution in [0.2, 0.25) is 5.02 Å². The van der Waals surface area contributed by atoms with Gasteiger partial charge < -0.3 is 5.11 Å². The molecule has 0 bridgehead atoms. The normalized spacial score (nSPS) is 19.3. The van der Waals surface area contributed by atoms with Crippen LogP contribution in [0.3, 0.4) is 0 Å². The Hall–Kier alpha value is -0.120. The number of aliphatic hydroxyl groups excluding tert-OH is 1. The molecule has 0 radical (unpaired) electrons. The van der Waals surface area contributed by atoms with Crippen molar-refractivity contribution in [3.63, 3.8) is 0 Å². The highest BCUT2D eigenvalue weighted by Crippen LogP contribution is 2.40. The molecule has 1 saturated carbocycles. The van der Waals surface area contributed by atoms with Gasteiger partial charge in [0.1, 0.15) is 5.82 Å². The van der Waals surface area contributed by atoms with Crippen LogP contribution in [0.25, 0.3) is 0 Å². The zero-order valence-corrected chi connectivity index (χ0v) is 11.8. The molecule has 1 nitrogen and oxygen atoms in total. The van der Waals surface area contributed by atoms with Crippen molar-refractivity contribution in [2.45, 2.75) is 38.2 Å². The van der Waals surface area contributed by atoms with E-state index >= 15 is 0 Å². The highest BCUT2D eigenvalue weighted by molar-refractivity contribution is 9.10. The lowest BCUT2D eigenvalue weighted by Gasteiger charge is -2.27. The van der Waals surface area contributed by atoms with E-state index in [1.54, 1.807) is 0 Å². The monoisotopic (exact) mass is 320 g/mol. The molecule has 0 amide bonds. The summed E-state index contributed by atoms with van der Waals surface area (Å²) >= 11 is 9.21. The van der Waals surface area contributed by atoms with Crippen molar-refractivity contribution < 1.29 is 9.50 Å². The van der Waals surface area contributed by atoms with Crippen molar-refractivity contribution >= 4 is 27.5 Å². The van der Waals surface area contributed by atoms with Gasteiger partial charge >= 0.3 is 0 Å². The predicted octanol–water partition coefficient (Wildman–Crippen LogP) is 4.86. The Morgan fingerprint density at radius 3 is 2.59 bits per heavy atom. The molecule has 0 aliphatic heterocycles. The molecule has 0 spiro atoms. The van der Waals surface area contributed by atoms with E-state index in [0.717, 1.165) is 25.7 Å². The van der Waals surface area contributed by atoms with Gasteiger partial charge in [0.15, 0.2) is 0 Å². The molecule has 1 aliphatic carbocycles. The van der Waals surface area contributed by atoms with Crippen LogP contribution in [0.4, 0.5) is 4.39 Å². The molecule has 17 heavy (non-hydrogen) atoms. The lowest BCUT2D eigenvalue weighted by Crippen LogP contribution is -2.17. The molecule has 0 saturated heterocycles.